The van der Waals surface area contributed by atoms with Crippen LogP contribution in [-0.4, -0.2) is 34.3 Å². The number of rotatable bonds is 7. The first kappa shape index (κ1) is 23.7. The number of aromatic nitrogens is 2. The molecule has 4 nitrogen and oxygen atoms in total. The molecule has 1 aromatic heterocycles. The van der Waals surface area contributed by atoms with Gasteiger partial charge in [0.25, 0.3) is 5.56 Å². The molecule has 0 radical (unpaired) electrons. The number of nitrogens with zero attached hydrogens (tertiary/aromatic N) is 3. The van der Waals surface area contributed by atoms with Gasteiger partial charge in [-0.2, -0.15) is 5.10 Å². The molecular weight excluding hydrogens is 461 g/mol. The summed E-state index contributed by atoms with van der Waals surface area (Å²) in [6, 6.07) is 22.6. The van der Waals surface area contributed by atoms with Gasteiger partial charge in [-0.25, -0.2) is 9.07 Å². The Kier molecular flexibility index (Phi) is 7.26. The molecule has 3 aromatic carbocycles. The van der Waals surface area contributed by atoms with Crippen LogP contribution in [0.15, 0.2) is 77.6 Å². The van der Waals surface area contributed by atoms with E-state index in [1.54, 1.807) is 10.7 Å². The van der Waals surface area contributed by atoms with Crippen molar-refractivity contribution in [1.82, 2.24) is 14.7 Å². The summed E-state index contributed by atoms with van der Waals surface area (Å²) < 4.78 is 15.6. The van der Waals surface area contributed by atoms with E-state index in [2.05, 4.69) is 4.90 Å². The lowest BCUT2D eigenvalue weighted by atomic mass is 10.0. The summed E-state index contributed by atoms with van der Waals surface area (Å²) in [5, 5.41) is 7.23. The number of halogens is 2. The van der Waals surface area contributed by atoms with E-state index in [0.29, 0.717) is 11.4 Å². The fourth-order valence-corrected chi connectivity index (χ4v) is 5.16. The number of aryl methyl sites for hydroxylation is 1. The van der Waals surface area contributed by atoms with Crippen LogP contribution in [0.2, 0.25) is 5.02 Å². The molecule has 0 unspecified atom stereocenters. The first-order valence-electron chi connectivity index (χ1n) is 12.3. The summed E-state index contributed by atoms with van der Waals surface area (Å²) in [5.41, 5.74) is 2.79. The standard InChI is InChI=1S/C29H29ClFN3O/c30-23-13-11-21(12-14-23)20-28-25-8-2-3-9-26(25)29(35)34(32-28)24-15-18-33(19-16-24)17-5-7-22-6-1-4-10-27(22)31/h1-4,6,8-14,24H,5,7,15-20H2. The van der Waals surface area contributed by atoms with E-state index in [4.69, 9.17) is 16.7 Å². The highest BCUT2D eigenvalue weighted by molar-refractivity contribution is 6.30. The molecule has 180 valence electrons. The maximum Gasteiger partial charge on any atom is 0.274 e. The smallest absolute Gasteiger partial charge is 0.274 e. The predicted molar refractivity (Wildman–Crippen MR) is 140 cm³/mol. The third-order valence-electron chi connectivity index (χ3n) is 6.97. The van der Waals surface area contributed by atoms with Crippen LogP contribution < -0.4 is 5.56 Å². The molecule has 1 aliphatic rings. The van der Waals surface area contributed by atoms with Crippen molar-refractivity contribution in [3.05, 3.63) is 111 Å². The summed E-state index contributed by atoms with van der Waals surface area (Å²) >= 11 is 6.06. The zero-order chi connectivity index (χ0) is 24.2. The van der Waals surface area contributed by atoms with Gasteiger partial charge in [-0.05, 0) is 67.6 Å². The topological polar surface area (TPSA) is 38.1 Å². The van der Waals surface area contributed by atoms with E-state index in [-0.39, 0.29) is 17.4 Å². The van der Waals surface area contributed by atoms with Crippen molar-refractivity contribution in [2.75, 3.05) is 19.6 Å². The minimum Gasteiger partial charge on any atom is -0.303 e. The minimum absolute atomic E-state index is 0.0153. The maximum atomic E-state index is 13.9. The monoisotopic (exact) mass is 489 g/mol. The quantitative estimate of drug-likeness (QED) is 0.317. The molecule has 35 heavy (non-hydrogen) atoms. The number of piperidine rings is 1. The van der Waals surface area contributed by atoms with Crippen LogP contribution >= 0.6 is 11.6 Å². The molecule has 6 heteroatoms. The van der Waals surface area contributed by atoms with Crippen molar-refractivity contribution in [3.8, 4) is 0 Å². The van der Waals surface area contributed by atoms with Crippen molar-refractivity contribution < 1.29 is 4.39 Å². The minimum atomic E-state index is -0.123. The zero-order valence-electron chi connectivity index (χ0n) is 19.7. The number of hydrogen-bond donors (Lipinski definition) is 0. The van der Waals surface area contributed by atoms with Crippen LogP contribution in [0.5, 0.6) is 0 Å². The second-order valence-electron chi connectivity index (χ2n) is 9.31. The van der Waals surface area contributed by atoms with Gasteiger partial charge in [0.15, 0.2) is 0 Å². The highest BCUT2D eigenvalue weighted by Gasteiger charge is 2.23. The molecule has 0 N–H and O–H groups in total. The van der Waals surface area contributed by atoms with Crippen LogP contribution in [0, 0.1) is 5.82 Å². The second-order valence-corrected chi connectivity index (χ2v) is 9.75. The van der Waals surface area contributed by atoms with Crippen molar-refractivity contribution in [2.24, 2.45) is 0 Å². The summed E-state index contributed by atoms with van der Waals surface area (Å²) in [5.74, 6) is -0.123. The van der Waals surface area contributed by atoms with E-state index in [0.717, 1.165) is 72.9 Å². The normalized spacial score (nSPS) is 15.0. The Morgan fingerprint density at radius 3 is 2.34 bits per heavy atom. The van der Waals surface area contributed by atoms with Crippen LogP contribution in [0.4, 0.5) is 4.39 Å². The predicted octanol–water partition coefficient (Wildman–Crippen LogP) is 6.05. The SMILES string of the molecule is O=c1c2ccccc2c(Cc2ccc(Cl)cc2)nn1C1CCN(CCCc2ccccc2F)CC1. The lowest BCUT2D eigenvalue weighted by Crippen LogP contribution is -2.39. The first-order valence-corrected chi connectivity index (χ1v) is 12.7. The van der Waals surface area contributed by atoms with Gasteiger partial charge in [0.1, 0.15) is 5.82 Å². The summed E-state index contributed by atoms with van der Waals surface area (Å²) in [6.07, 6.45) is 4.07. The average Bonchev–Trinajstić information content (AvgIpc) is 2.89. The summed E-state index contributed by atoms with van der Waals surface area (Å²) in [7, 11) is 0. The Labute approximate surface area is 210 Å². The van der Waals surface area contributed by atoms with Crippen LogP contribution in [0.1, 0.15) is 42.1 Å². The number of benzene rings is 3. The molecule has 0 atom stereocenters. The molecule has 5 rings (SSSR count). The summed E-state index contributed by atoms with van der Waals surface area (Å²) in [6.45, 7) is 2.76. The van der Waals surface area contributed by atoms with Gasteiger partial charge in [-0.3, -0.25) is 4.79 Å². The molecule has 0 bridgehead atoms. The van der Waals surface area contributed by atoms with E-state index in [9.17, 15) is 9.18 Å². The van der Waals surface area contributed by atoms with Crippen molar-refractivity contribution >= 4 is 22.4 Å². The van der Waals surface area contributed by atoms with E-state index in [1.807, 2.05) is 60.7 Å². The third kappa shape index (κ3) is 5.47. The van der Waals surface area contributed by atoms with E-state index in [1.165, 1.54) is 6.07 Å². The molecule has 1 aliphatic heterocycles. The Hall–Kier alpha value is -3.02. The third-order valence-corrected chi connectivity index (χ3v) is 7.22. The van der Waals surface area contributed by atoms with Crippen LogP contribution in [0.25, 0.3) is 10.8 Å². The Morgan fingerprint density at radius 2 is 1.60 bits per heavy atom. The van der Waals surface area contributed by atoms with Gasteiger partial charge in [0.05, 0.1) is 17.1 Å². The lowest BCUT2D eigenvalue weighted by molar-refractivity contribution is 0.175. The molecule has 0 spiro atoms. The van der Waals surface area contributed by atoms with Crippen molar-refractivity contribution in [1.29, 1.82) is 0 Å². The summed E-state index contributed by atoms with van der Waals surface area (Å²) in [4.78, 5) is 15.8. The van der Waals surface area contributed by atoms with Crippen LogP contribution in [0.3, 0.4) is 0 Å². The second kappa shape index (κ2) is 10.7. The lowest BCUT2D eigenvalue weighted by Gasteiger charge is -2.32. The molecule has 4 aromatic rings. The van der Waals surface area contributed by atoms with Gasteiger partial charge in [-0.15, -0.1) is 0 Å². The zero-order valence-corrected chi connectivity index (χ0v) is 20.4. The largest absolute Gasteiger partial charge is 0.303 e. The van der Waals surface area contributed by atoms with Gasteiger partial charge in [0, 0.05) is 29.9 Å². The van der Waals surface area contributed by atoms with Crippen molar-refractivity contribution in [2.45, 2.75) is 38.1 Å². The highest BCUT2D eigenvalue weighted by atomic mass is 35.5. The molecule has 0 aliphatic carbocycles. The number of likely N-dealkylation sites (tertiary alicyclic amines) is 1. The molecule has 0 saturated carbocycles. The fourth-order valence-electron chi connectivity index (χ4n) is 5.03. The van der Waals surface area contributed by atoms with Gasteiger partial charge in [-0.1, -0.05) is 60.1 Å². The Morgan fingerprint density at radius 1 is 0.914 bits per heavy atom. The molecule has 0 amide bonds. The van der Waals surface area contributed by atoms with Gasteiger partial charge < -0.3 is 4.90 Å². The molecular formula is C29H29ClFN3O. The first-order chi connectivity index (χ1) is 17.1. The average molecular weight is 490 g/mol. The van der Waals surface area contributed by atoms with Crippen LogP contribution in [-0.2, 0) is 12.8 Å². The molecule has 1 fully saturated rings. The van der Waals surface area contributed by atoms with Gasteiger partial charge in [0.2, 0.25) is 0 Å². The fraction of sp³-hybridized carbons (Fsp3) is 0.310. The van der Waals surface area contributed by atoms with Gasteiger partial charge >= 0.3 is 0 Å². The highest BCUT2D eigenvalue weighted by Crippen LogP contribution is 2.24. The maximum absolute atomic E-state index is 13.9. The van der Waals surface area contributed by atoms with Crippen molar-refractivity contribution in [3.63, 3.8) is 0 Å². The number of hydrogen-bond acceptors (Lipinski definition) is 3. The Bertz CT molecular complexity index is 1360. The Balaban J connectivity index is 1.29. The number of fused-ring (bicyclic) bond motifs is 1. The van der Waals surface area contributed by atoms with E-state index >= 15 is 0 Å². The molecule has 2 heterocycles. The molecule has 1 saturated heterocycles. The van der Waals surface area contributed by atoms with E-state index < -0.39 is 0 Å².